The van der Waals surface area contributed by atoms with E-state index in [-0.39, 0.29) is 33.7 Å². The van der Waals surface area contributed by atoms with Gasteiger partial charge in [0.05, 0.1) is 6.04 Å². The van der Waals surface area contributed by atoms with E-state index in [0.717, 1.165) is 9.13 Å². The molecule has 0 aliphatic rings. The Bertz CT molecular complexity index is 434. The predicted octanol–water partition coefficient (Wildman–Crippen LogP) is 4.87. The van der Waals surface area contributed by atoms with E-state index in [2.05, 4.69) is 44.9 Å². The van der Waals surface area contributed by atoms with Crippen LogP contribution in [0.4, 0.5) is 4.39 Å². The number of hydrogen-bond donors (Lipinski definition) is 1. The van der Waals surface area contributed by atoms with Crippen LogP contribution >= 0.6 is 22.6 Å². The van der Waals surface area contributed by atoms with Crippen molar-refractivity contribution < 1.29 is 26.1 Å². The van der Waals surface area contributed by atoms with Crippen LogP contribution in [-0.4, -0.2) is 9.30 Å². The fourth-order valence-corrected chi connectivity index (χ4v) is 2.77. The van der Waals surface area contributed by atoms with Crippen molar-refractivity contribution in [2.24, 2.45) is 0 Å². The molecule has 1 aromatic carbocycles. The molecule has 6 heteroatoms. The zero-order valence-electron chi connectivity index (χ0n) is 13.4. The van der Waals surface area contributed by atoms with Crippen molar-refractivity contribution in [1.82, 2.24) is 4.72 Å². The van der Waals surface area contributed by atoms with Crippen molar-refractivity contribution in [2.75, 3.05) is 0 Å². The van der Waals surface area contributed by atoms with E-state index in [9.17, 15) is 8.94 Å². The third-order valence-electron chi connectivity index (χ3n) is 2.27. The van der Waals surface area contributed by atoms with Gasteiger partial charge in [-0.2, -0.15) is 0 Å². The molecule has 0 spiro atoms. The molecule has 0 fully saturated rings. The number of halogens is 2. The van der Waals surface area contributed by atoms with Crippen LogP contribution < -0.4 is 4.72 Å². The Morgan fingerprint density at radius 3 is 2.29 bits per heavy atom. The molecule has 2 nitrogen and oxygen atoms in total. The third kappa shape index (κ3) is 8.65. The minimum absolute atomic E-state index is 0.125. The van der Waals surface area contributed by atoms with E-state index in [1.54, 1.807) is 6.08 Å². The SMILES string of the molecule is C=C[C@@H](N[S@+]([O-])C(C)(C)C)c1cc(F)cc(I)c1.[CH3][Zn][CH3]. The van der Waals surface area contributed by atoms with E-state index in [0.29, 0.717) is 0 Å². The molecule has 0 aromatic heterocycles. The predicted molar refractivity (Wildman–Crippen MR) is 94.8 cm³/mol. The molecular weight excluding hydrogens is 454 g/mol. The fraction of sp³-hybridized carbons (Fsp3) is 0.467. The summed E-state index contributed by atoms with van der Waals surface area (Å²) >= 11 is 0.951. The first-order valence-corrected chi connectivity index (χ1v) is 15.1. The summed E-state index contributed by atoms with van der Waals surface area (Å²) < 4.78 is 28.8. The Kier molecular flexibility index (Phi) is 10.6. The number of rotatable bonds is 4. The standard InChI is InChI=1S/C13H17FINOS.2CH3.Zn/c1-5-12(16-18(17)13(2,3)4)9-6-10(14)8-11(15)7-9;;;/h5-8,12,16H,1H2,2-4H3;2*1H3;/t12-,18-;;;/m1.../s1. The van der Waals surface area contributed by atoms with Crippen LogP contribution in [0.2, 0.25) is 11.0 Å². The average Bonchev–Trinajstić information content (AvgIpc) is 2.34. The number of benzene rings is 1. The average molecular weight is 477 g/mol. The Hall–Kier alpha value is 0.513. The molecule has 21 heavy (non-hydrogen) atoms. The van der Waals surface area contributed by atoms with Crippen molar-refractivity contribution in [3.8, 4) is 0 Å². The van der Waals surface area contributed by atoms with E-state index in [1.165, 1.54) is 12.1 Å². The topological polar surface area (TPSA) is 35.1 Å². The van der Waals surface area contributed by atoms with Gasteiger partial charge >= 0.3 is 28.2 Å². The molecule has 0 radical (unpaired) electrons. The van der Waals surface area contributed by atoms with Crippen LogP contribution in [0.25, 0.3) is 0 Å². The normalized spacial score (nSPS) is 13.5. The van der Waals surface area contributed by atoms with Gasteiger partial charge < -0.3 is 4.55 Å². The van der Waals surface area contributed by atoms with Crippen LogP contribution in [0, 0.1) is 9.39 Å². The quantitative estimate of drug-likeness (QED) is 0.291. The van der Waals surface area contributed by atoms with Gasteiger partial charge in [0.25, 0.3) is 0 Å². The van der Waals surface area contributed by atoms with Crippen LogP contribution in [0.3, 0.4) is 0 Å². The maximum atomic E-state index is 13.4. The summed E-state index contributed by atoms with van der Waals surface area (Å²) in [5.74, 6) is -0.299. The van der Waals surface area contributed by atoms with Crippen LogP contribution in [0.1, 0.15) is 32.4 Å². The second-order valence-electron chi connectivity index (χ2n) is 5.62. The number of nitrogens with one attached hydrogen (secondary N) is 1. The molecule has 0 aliphatic heterocycles. The summed E-state index contributed by atoms with van der Waals surface area (Å²) in [5, 5.41) is 0. The minimum atomic E-state index is -1.23. The molecule has 2 atom stereocenters. The summed E-state index contributed by atoms with van der Waals surface area (Å²) in [6.07, 6.45) is 1.63. The molecule has 1 N–H and O–H groups in total. The summed E-state index contributed by atoms with van der Waals surface area (Å²) in [5.41, 5.74) is 5.35. The van der Waals surface area contributed by atoms with Crippen LogP contribution in [0.15, 0.2) is 30.9 Å². The maximum absolute atomic E-state index is 13.4. The van der Waals surface area contributed by atoms with Crippen molar-refractivity contribution in [2.45, 2.75) is 42.6 Å². The molecule has 0 saturated heterocycles. The first kappa shape index (κ1) is 21.5. The van der Waals surface area contributed by atoms with Crippen LogP contribution in [-0.2, 0) is 28.5 Å². The second-order valence-corrected chi connectivity index (χ2v) is 11.8. The first-order chi connectivity index (χ1) is 9.65. The Labute approximate surface area is 152 Å². The second kappa shape index (κ2) is 10.3. The first-order valence-electron chi connectivity index (χ1n) is 6.92. The Morgan fingerprint density at radius 1 is 1.38 bits per heavy atom. The van der Waals surface area contributed by atoms with Gasteiger partial charge in [0.1, 0.15) is 10.6 Å². The molecule has 0 aliphatic carbocycles. The van der Waals surface area contributed by atoms with Gasteiger partial charge in [-0.3, -0.25) is 0 Å². The van der Waals surface area contributed by atoms with E-state index in [1.807, 2.05) is 26.8 Å². The fourth-order valence-electron chi connectivity index (χ4n) is 1.30. The molecule has 0 saturated carbocycles. The van der Waals surface area contributed by atoms with Crippen molar-refractivity contribution in [1.29, 1.82) is 0 Å². The molecule has 116 valence electrons. The molecule has 0 unspecified atom stereocenters. The van der Waals surface area contributed by atoms with Gasteiger partial charge in [-0.15, -0.1) is 11.3 Å². The summed E-state index contributed by atoms with van der Waals surface area (Å²) in [7, 11) is 0. The molecule has 1 rings (SSSR count). The van der Waals surface area contributed by atoms with Gasteiger partial charge in [0, 0.05) is 14.9 Å². The number of hydrogen-bond acceptors (Lipinski definition) is 2. The van der Waals surface area contributed by atoms with Gasteiger partial charge in [0.2, 0.25) is 0 Å². The Balaban J connectivity index is 0.00000122. The van der Waals surface area contributed by atoms with E-state index < -0.39 is 11.4 Å². The monoisotopic (exact) mass is 475 g/mol. The van der Waals surface area contributed by atoms with Crippen LogP contribution in [0.5, 0.6) is 0 Å². The van der Waals surface area contributed by atoms with Gasteiger partial charge in [-0.05, 0) is 67.1 Å². The third-order valence-corrected chi connectivity index (χ3v) is 4.47. The molecule has 0 bridgehead atoms. The molecule has 0 amide bonds. The summed E-state index contributed by atoms with van der Waals surface area (Å²) in [6.45, 7) is 9.35. The molecule has 0 heterocycles. The Morgan fingerprint density at radius 2 is 1.90 bits per heavy atom. The van der Waals surface area contributed by atoms with Crippen molar-refractivity contribution in [3.63, 3.8) is 0 Å². The summed E-state index contributed by atoms with van der Waals surface area (Å²) in [4.78, 5) is 0. The molecule has 1 aromatic rings. The van der Waals surface area contributed by atoms with E-state index in [4.69, 9.17) is 0 Å². The van der Waals surface area contributed by atoms with Crippen molar-refractivity contribution >= 4 is 34.0 Å². The van der Waals surface area contributed by atoms with Crippen molar-refractivity contribution in [3.05, 3.63) is 45.8 Å². The van der Waals surface area contributed by atoms with E-state index >= 15 is 0 Å². The van der Waals surface area contributed by atoms with Gasteiger partial charge in [0.15, 0.2) is 0 Å². The summed E-state index contributed by atoms with van der Waals surface area (Å²) in [6, 6.07) is 4.41. The molecular formula is C15H23FINOSZn. The zero-order valence-corrected chi connectivity index (χ0v) is 19.3. The zero-order chi connectivity index (χ0) is 16.6. The van der Waals surface area contributed by atoms with Gasteiger partial charge in [-0.25, -0.2) is 4.39 Å². The van der Waals surface area contributed by atoms with Gasteiger partial charge in [-0.1, -0.05) is 6.08 Å².